The van der Waals surface area contributed by atoms with Crippen LogP contribution in [0.15, 0.2) is 0 Å². The van der Waals surface area contributed by atoms with Crippen molar-refractivity contribution >= 4 is 18.0 Å². The maximum Gasteiger partial charge on any atom is 0.255 e. The van der Waals surface area contributed by atoms with Crippen molar-refractivity contribution in [2.75, 3.05) is 12.4 Å². The van der Waals surface area contributed by atoms with Gasteiger partial charge in [-0.3, -0.25) is 4.57 Å². The normalized spacial score (nSPS) is 17.9. The lowest BCUT2D eigenvalue weighted by atomic mass is 10.3. The Hall–Kier alpha value is 0.540. The summed E-state index contributed by atoms with van der Waals surface area (Å²) in [7, 11) is 0. The van der Waals surface area contributed by atoms with Crippen molar-refractivity contribution in [1.29, 1.82) is 0 Å². The van der Waals surface area contributed by atoms with E-state index in [4.69, 9.17) is 4.89 Å². The molecule has 1 atom stereocenters. The first-order valence-electron chi connectivity index (χ1n) is 2.85. The molecule has 0 aliphatic heterocycles. The quantitative estimate of drug-likeness (QED) is 0.656. The van der Waals surface area contributed by atoms with Crippen LogP contribution in [0.4, 0.5) is 0 Å². The van der Waals surface area contributed by atoms with Gasteiger partial charge in [0.25, 0.3) is 6.57 Å². The Bertz CT molecular complexity index is 124. The summed E-state index contributed by atoms with van der Waals surface area (Å²) in [4.78, 5) is 9.01. The van der Waals surface area contributed by atoms with Crippen LogP contribution in [0, 0.1) is 5.92 Å². The van der Waals surface area contributed by atoms with Crippen LogP contribution < -0.4 is 0 Å². The highest BCUT2D eigenvalue weighted by Gasteiger charge is 2.17. The minimum Gasteiger partial charge on any atom is -0.337 e. The summed E-state index contributed by atoms with van der Waals surface area (Å²) >= 11 is 1.07. The predicted molar refractivity (Wildman–Crippen MR) is 43.0 cm³/mol. The van der Waals surface area contributed by atoms with Gasteiger partial charge in [-0.2, -0.15) is 0 Å². The zero-order chi connectivity index (χ0) is 7.49. The Morgan fingerprint density at radius 1 is 1.67 bits per heavy atom. The Labute approximate surface area is 60.2 Å². The van der Waals surface area contributed by atoms with E-state index in [1.54, 1.807) is 6.26 Å². The minimum atomic E-state index is -2.81. The molecule has 0 rings (SSSR count). The van der Waals surface area contributed by atoms with Gasteiger partial charge in [-0.15, -0.1) is 0 Å². The van der Waals surface area contributed by atoms with E-state index in [0.717, 1.165) is 11.4 Å². The Morgan fingerprint density at radius 2 is 2.11 bits per heavy atom. The van der Waals surface area contributed by atoms with E-state index < -0.39 is 6.57 Å². The molecule has 0 aromatic carbocycles. The van der Waals surface area contributed by atoms with E-state index in [9.17, 15) is 4.57 Å². The van der Waals surface area contributed by atoms with Crippen molar-refractivity contribution in [3.63, 3.8) is 0 Å². The largest absolute Gasteiger partial charge is 0.337 e. The summed E-state index contributed by atoms with van der Waals surface area (Å²) in [6.45, 7) is 1.07. The molecule has 0 aliphatic rings. The summed E-state index contributed by atoms with van der Waals surface area (Å²) in [6, 6.07) is 0. The van der Waals surface area contributed by atoms with Crippen LogP contribution in [-0.4, -0.2) is 17.3 Å². The van der Waals surface area contributed by atoms with E-state index in [-0.39, 0.29) is 0 Å². The van der Waals surface area contributed by atoms with Gasteiger partial charge in [0, 0.05) is 6.16 Å². The van der Waals surface area contributed by atoms with Crippen molar-refractivity contribution < 1.29 is 9.46 Å². The second-order valence-corrected chi connectivity index (χ2v) is 7.21. The molecule has 0 bridgehead atoms. The van der Waals surface area contributed by atoms with Crippen LogP contribution in [0.5, 0.6) is 0 Å². The Balaban J connectivity index is 3.73. The van der Waals surface area contributed by atoms with E-state index in [1.807, 2.05) is 13.8 Å². The summed E-state index contributed by atoms with van der Waals surface area (Å²) in [5.41, 5.74) is 0. The number of hydrogen-bond donors (Lipinski definition) is 1. The lowest BCUT2D eigenvalue weighted by Crippen LogP contribution is -1.93. The molecule has 0 aromatic heterocycles. The van der Waals surface area contributed by atoms with E-state index in [2.05, 4.69) is 0 Å². The van der Waals surface area contributed by atoms with Crippen molar-refractivity contribution in [2.45, 2.75) is 13.8 Å². The van der Waals surface area contributed by atoms with Crippen LogP contribution in [0.1, 0.15) is 13.8 Å². The molecule has 0 aromatic rings. The van der Waals surface area contributed by atoms with Crippen molar-refractivity contribution in [3.05, 3.63) is 0 Å². The standard InChI is InChI=1S/C5H13O2PS/c1-5(2)4-8(6,7)9-3/h5H,4H2,1-3H3,(H,6,7). The average Bonchev–Trinajstić information content (AvgIpc) is 1.63. The lowest BCUT2D eigenvalue weighted by Gasteiger charge is -2.09. The molecule has 1 unspecified atom stereocenters. The van der Waals surface area contributed by atoms with Crippen molar-refractivity contribution in [2.24, 2.45) is 5.92 Å². The van der Waals surface area contributed by atoms with Crippen LogP contribution in [0.25, 0.3) is 0 Å². The van der Waals surface area contributed by atoms with Crippen LogP contribution in [0.2, 0.25) is 0 Å². The first-order chi connectivity index (χ1) is 3.98. The number of hydrogen-bond acceptors (Lipinski definition) is 2. The summed E-state index contributed by atoms with van der Waals surface area (Å²) in [6.07, 6.45) is 2.09. The molecule has 56 valence electrons. The van der Waals surface area contributed by atoms with Crippen LogP contribution >= 0.6 is 18.0 Å². The third-order valence-electron chi connectivity index (χ3n) is 0.881. The monoisotopic (exact) mass is 168 g/mol. The zero-order valence-electron chi connectivity index (χ0n) is 6.00. The van der Waals surface area contributed by atoms with Gasteiger partial charge in [-0.25, -0.2) is 0 Å². The molecule has 0 heterocycles. The second-order valence-electron chi connectivity index (χ2n) is 2.40. The van der Waals surface area contributed by atoms with E-state index >= 15 is 0 Å². The van der Waals surface area contributed by atoms with E-state index in [0.29, 0.717) is 12.1 Å². The third-order valence-corrected chi connectivity index (χ3v) is 4.80. The highest BCUT2D eigenvalue weighted by atomic mass is 32.7. The third kappa shape index (κ3) is 5.01. The average molecular weight is 168 g/mol. The molecule has 9 heavy (non-hydrogen) atoms. The lowest BCUT2D eigenvalue weighted by molar-refractivity contribution is 0.488. The zero-order valence-corrected chi connectivity index (χ0v) is 7.71. The van der Waals surface area contributed by atoms with Crippen LogP contribution in [0.3, 0.4) is 0 Å². The summed E-state index contributed by atoms with van der Waals surface area (Å²) < 4.78 is 10.9. The first-order valence-corrected chi connectivity index (χ1v) is 6.53. The Morgan fingerprint density at radius 3 is 2.22 bits per heavy atom. The molecular formula is C5H13O2PS. The molecule has 0 radical (unpaired) electrons. The van der Waals surface area contributed by atoms with Gasteiger partial charge in [0.05, 0.1) is 0 Å². The fourth-order valence-electron chi connectivity index (χ4n) is 0.536. The topological polar surface area (TPSA) is 37.3 Å². The smallest absolute Gasteiger partial charge is 0.255 e. The maximum atomic E-state index is 10.9. The van der Waals surface area contributed by atoms with Gasteiger partial charge in [0.1, 0.15) is 0 Å². The minimum absolute atomic E-state index is 0.313. The molecule has 0 aliphatic carbocycles. The highest BCUT2D eigenvalue weighted by molar-refractivity contribution is 8.56. The fourth-order valence-corrected chi connectivity index (χ4v) is 2.95. The number of rotatable bonds is 3. The molecule has 4 heteroatoms. The van der Waals surface area contributed by atoms with Gasteiger partial charge in [-0.1, -0.05) is 25.2 Å². The van der Waals surface area contributed by atoms with Gasteiger partial charge < -0.3 is 4.89 Å². The van der Waals surface area contributed by atoms with Gasteiger partial charge >= 0.3 is 0 Å². The summed E-state index contributed by atoms with van der Waals surface area (Å²) in [5, 5.41) is 0. The first kappa shape index (κ1) is 9.54. The van der Waals surface area contributed by atoms with Crippen molar-refractivity contribution in [3.8, 4) is 0 Å². The van der Waals surface area contributed by atoms with Crippen molar-refractivity contribution in [1.82, 2.24) is 0 Å². The van der Waals surface area contributed by atoms with E-state index in [1.165, 1.54) is 0 Å². The predicted octanol–water partition coefficient (Wildman–Crippen LogP) is 2.19. The molecule has 0 fully saturated rings. The molecule has 2 nitrogen and oxygen atoms in total. The Kier molecular flexibility index (Phi) is 3.86. The molecule has 1 N–H and O–H groups in total. The molecule has 0 spiro atoms. The van der Waals surface area contributed by atoms with Gasteiger partial charge in [0.15, 0.2) is 0 Å². The fraction of sp³-hybridized carbons (Fsp3) is 1.00. The second kappa shape index (κ2) is 3.65. The highest BCUT2D eigenvalue weighted by Crippen LogP contribution is 2.53. The summed E-state index contributed by atoms with van der Waals surface area (Å²) in [5.74, 6) is 0.313. The molecule has 0 saturated heterocycles. The molecular weight excluding hydrogens is 155 g/mol. The SMILES string of the molecule is CSP(=O)(O)CC(C)C. The molecule has 0 saturated carbocycles. The molecule has 0 amide bonds. The maximum absolute atomic E-state index is 10.9. The van der Waals surface area contributed by atoms with Gasteiger partial charge in [0.2, 0.25) is 0 Å². The van der Waals surface area contributed by atoms with Gasteiger partial charge in [-0.05, 0) is 12.2 Å². The van der Waals surface area contributed by atoms with Crippen LogP contribution in [-0.2, 0) is 4.57 Å².